The number of hydrogen-bond donors (Lipinski definition) is 2. The molecule has 2 N–H and O–H groups in total. The highest BCUT2D eigenvalue weighted by molar-refractivity contribution is 5.90. The molecule has 152 valence electrons. The number of fused-ring (bicyclic) bond motifs is 1. The van der Waals surface area contributed by atoms with Crippen molar-refractivity contribution >= 4 is 22.4 Å². The number of rotatable bonds is 4. The normalized spacial score (nSPS) is 16.2. The number of nitrogens with one attached hydrogen (secondary N) is 1. The number of hydroxylamine groups is 2. The van der Waals surface area contributed by atoms with E-state index >= 15 is 0 Å². The van der Waals surface area contributed by atoms with Crippen LogP contribution in [-0.4, -0.2) is 22.2 Å². The SMILES string of the molecule is O=C1C(Cc2ccc(-c3ccccc3)cc2)NC(c2ccc3ccccc3c2)=CN1O. The van der Waals surface area contributed by atoms with Gasteiger partial charge in [0.2, 0.25) is 0 Å². The summed E-state index contributed by atoms with van der Waals surface area (Å²) in [5, 5.41) is 16.5. The topological polar surface area (TPSA) is 52.6 Å². The third-order valence-corrected chi connectivity index (χ3v) is 5.67. The van der Waals surface area contributed by atoms with Crippen LogP contribution in [-0.2, 0) is 11.2 Å². The summed E-state index contributed by atoms with van der Waals surface area (Å²) in [4.78, 5) is 12.6. The molecule has 1 aliphatic heterocycles. The van der Waals surface area contributed by atoms with Crippen molar-refractivity contribution in [2.45, 2.75) is 12.5 Å². The lowest BCUT2D eigenvalue weighted by atomic mass is 9.98. The molecule has 1 unspecified atom stereocenters. The molecule has 4 nitrogen and oxygen atoms in total. The Morgan fingerprint density at radius 2 is 1.39 bits per heavy atom. The van der Waals surface area contributed by atoms with Gasteiger partial charge in [0.25, 0.3) is 5.91 Å². The first-order chi connectivity index (χ1) is 15.2. The van der Waals surface area contributed by atoms with E-state index in [1.54, 1.807) is 0 Å². The van der Waals surface area contributed by atoms with Crippen molar-refractivity contribution < 1.29 is 10.0 Å². The third kappa shape index (κ3) is 3.93. The number of nitrogens with zero attached hydrogens (tertiary/aromatic N) is 1. The van der Waals surface area contributed by atoms with Crippen molar-refractivity contribution in [1.82, 2.24) is 10.4 Å². The molecule has 0 aliphatic carbocycles. The van der Waals surface area contributed by atoms with Crippen LogP contribution >= 0.6 is 0 Å². The van der Waals surface area contributed by atoms with Gasteiger partial charge in [-0.15, -0.1) is 0 Å². The smallest absolute Gasteiger partial charge is 0.272 e. The van der Waals surface area contributed by atoms with Crippen molar-refractivity contribution in [3.05, 3.63) is 114 Å². The van der Waals surface area contributed by atoms with E-state index in [0.29, 0.717) is 11.5 Å². The van der Waals surface area contributed by atoms with Gasteiger partial charge >= 0.3 is 0 Å². The Labute approximate surface area is 181 Å². The first-order valence-corrected chi connectivity index (χ1v) is 10.3. The van der Waals surface area contributed by atoms with Crippen molar-refractivity contribution in [2.75, 3.05) is 0 Å². The van der Waals surface area contributed by atoms with Crippen LogP contribution in [0.25, 0.3) is 27.6 Å². The molecular weight excluding hydrogens is 384 g/mol. The second kappa shape index (κ2) is 8.09. The predicted octanol–water partition coefficient (Wildman–Crippen LogP) is 5.24. The van der Waals surface area contributed by atoms with Crippen molar-refractivity contribution in [1.29, 1.82) is 0 Å². The highest BCUT2D eigenvalue weighted by atomic mass is 16.5. The molecular formula is C27H22N2O2. The van der Waals surface area contributed by atoms with Gasteiger partial charge < -0.3 is 5.32 Å². The molecule has 1 heterocycles. The summed E-state index contributed by atoms with van der Waals surface area (Å²) in [6, 6.07) is 32.1. The van der Waals surface area contributed by atoms with Crippen molar-refractivity contribution in [2.24, 2.45) is 0 Å². The Kier molecular flexibility index (Phi) is 4.98. The summed E-state index contributed by atoms with van der Waals surface area (Å²) >= 11 is 0. The number of carbonyl (C=O) groups excluding carboxylic acids is 1. The monoisotopic (exact) mass is 406 g/mol. The maximum absolute atomic E-state index is 12.6. The summed E-state index contributed by atoms with van der Waals surface area (Å²) in [7, 11) is 0. The van der Waals surface area contributed by atoms with Crippen LogP contribution in [0, 0.1) is 0 Å². The Hall–Kier alpha value is -3.89. The summed E-state index contributed by atoms with van der Waals surface area (Å²) in [6.07, 6.45) is 1.93. The van der Waals surface area contributed by atoms with E-state index in [4.69, 9.17) is 0 Å². The van der Waals surface area contributed by atoms with E-state index in [2.05, 4.69) is 47.8 Å². The zero-order valence-corrected chi connectivity index (χ0v) is 16.9. The highest BCUT2D eigenvalue weighted by Gasteiger charge is 2.28. The fourth-order valence-corrected chi connectivity index (χ4v) is 3.98. The number of hydrogen-bond acceptors (Lipinski definition) is 3. The van der Waals surface area contributed by atoms with Gasteiger partial charge in [-0.1, -0.05) is 91.0 Å². The van der Waals surface area contributed by atoms with E-state index in [-0.39, 0.29) is 5.91 Å². The lowest BCUT2D eigenvalue weighted by Crippen LogP contribution is -2.48. The molecule has 0 radical (unpaired) electrons. The fraction of sp³-hybridized carbons (Fsp3) is 0.0741. The van der Waals surface area contributed by atoms with Crippen molar-refractivity contribution in [3.8, 4) is 11.1 Å². The third-order valence-electron chi connectivity index (χ3n) is 5.67. The number of carbonyl (C=O) groups is 1. The molecule has 1 atom stereocenters. The van der Waals surface area contributed by atoms with Gasteiger partial charge in [-0.25, -0.2) is 0 Å². The molecule has 1 amide bonds. The lowest BCUT2D eigenvalue weighted by molar-refractivity contribution is -0.157. The second-order valence-electron chi connectivity index (χ2n) is 7.75. The van der Waals surface area contributed by atoms with Gasteiger partial charge in [-0.2, -0.15) is 5.06 Å². The summed E-state index contributed by atoms with van der Waals surface area (Å²) in [5.74, 6) is -0.364. The van der Waals surface area contributed by atoms with E-state index < -0.39 is 6.04 Å². The molecule has 4 aromatic rings. The predicted molar refractivity (Wildman–Crippen MR) is 123 cm³/mol. The summed E-state index contributed by atoms with van der Waals surface area (Å²) < 4.78 is 0. The van der Waals surface area contributed by atoms with Gasteiger partial charge in [0.15, 0.2) is 0 Å². The van der Waals surface area contributed by atoms with Gasteiger partial charge in [0.1, 0.15) is 6.04 Å². The minimum absolute atomic E-state index is 0.364. The molecule has 5 rings (SSSR count). The fourth-order valence-electron chi connectivity index (χ4n) is 3.98. The van der Waals surface area contributed by atoms with E-state index in [0.717, 1.165) is 38.7 Å². The number of benzene rings is 4. The Bertz CT molecular complexity index is 1260. The van der Waals surface area contributed by atoms with Crippen LogP contribution in [0.5, 0.6) is 0 Å². The Balaban J connectivity index is 1.37. The van der Waals surface area contributed by atoms with E-state index in [9.17, 15) is 10.0 Å². The maximum atomic E-state index is 12.6. The van der Waals surface area contributed by atoms with E-state index in [1.807, 2.05) is 54.6 Å². The molecule has 0 saturated carbocycles. The minimum Gasteiger partial charge on any atom is -0.372 e. The highest BCUT2D eigenvalue weighted by Crippen LogP contribution is 2.24. The van der Waals surface area contributed by atoms with Crippen LogP contribution in [0.3, 0.4) is 0 Å². The quantitative estimate of drug-likeness (QED) is 0.456. The Morgan fingerprint density at radius 1 is 0.742 bits per heavy atom. The molecule has 4 heteroatoms. The summed E-state index contributed by atoms with van der Waals surface area (Å²) in [5.41, 5.74) is 4.96. The van der Waals surface area contributed by atoms with Gasteiger partial charge in [-0.05, 0) is 39.1 Å². The molecule has 0 fully saturated rings. The standard InChI is InChI=1S/C27H22N2O2/c30-27-25(16-19-10-12-22(13-11-19)20-6-2-1-3-7-20)28-26(18-29(27)31)24-15-14-21-8-4-5-9-23(21)17-24/h1-15,17-18,25,28,31H,16H2. The second-order valence-corrected chi connectivity index (χ2v) is 7.75. The van der Waals surface area contributed by atoms with E-state index in [1.165, 1.54) is 6.20 Å². The molecule has 0 bridgehead atoms. The Morgan fingerprint density at radius 3 is 2.16 bits per heavy atom. The zero-order chi connectivity index (χ0) is 21.2. The van der Waals surface area contributed by atoms with Crippen LogP contribution in [0.1, 0.15) is 11.1 Å². The molecule has 4 aromatic carbocycles. The zero-order valence-electron chi connectivity index (χ0n) is 16.9. The summed E-state index contributed by atoms with van der Waals surface area (Å²) in [6.45, 7) is 0. The van der Waals surface area contributed by atoms with Gasteiger partial charge in [0, 0.05) is 6.42 Å². The molecule has 0 saturated heterocycles. The van der Waals surface area contributed by atoms with Gasteiger partial charge in [-0.3, -0.25) is 10.0 Å². The van der Waals surface area contributed by atoms with Crippen LogP contribution in [0.2, 0.25) is 0 Å². The first-order valence-electron chi connectivity index (χ1n) is 10.3. The van der Waals surface area contributed by atoms with Crippen LogP contribution in [0.4, 0.5) is 0 Å². The average Bonchev–Trinajstić information content (AvgIpc) is 2.82. The van der Waals surface area contributed by atoms with Gasteiger partial charge in [0.05, 0.1) is 11.9 Å². The molecule has 31 heavy (non-hydrogen) atoms. The van der Waals surface area contributed by atoms with Crippen LogP contribution in [0.15, 0.2) is 103 Å². The lowest BCUT2D eigenvalue weighted by Gasteiger charge is -2.29. The first kappa shape index (κ1) is 19.1. The molecule has 0 spiro atoms. The minimum atomic E-state index is -0.543. The maximum Gasteiger partial charge on any atom is 0.272 e. The number of amides is 1. The largest absolute Gasteiger partial charge is 0.372 e. The van der Waals surface area contributed by atoms with Crippen molar-refractivity contribution in [3.63, 3.8) is 0 Å². The molecule has 1 aliphatic rings. The molecule has 0 aromatic heterocycles. The van der Waals surface area contributed by atoms with Crippen LogP contribution < -0.4 is 5.32 Å². The average molecular weight is 406 g/mol.